The Labute approximate surface area is 91.7 Å². The average molecular weight is 220 g/mol. The topological polar surface area (TPSA) is 38.9 Å². The number of nitrogens with two attached hydrogens (primary N) is 1. The third kappa shape index (κ3) is 1.86. The molecule has 2 nitrogen and oxygen atoms in total. The lowest BCUT2D eigenvalue weighted by Gasteiger charge is -2.05. The van der Waals surface area contributed by atoms with E-state index in [9.17, 15) is 8.78 Å². The second kappa shape index (κ2) is 3.89. The highest BCUT2D eigenvalue weighted by Gasteiger charge is 2.05. The van der Waals surface area contributed by atoms with Gasteiger partial charge in [-0.2, -0.15) is 0 Å². The molecule has 2 N–H and O–H groups in total. The smallest absolute Gasteiger partial charge is 0.159 e. The molecule has 4 heteroatoms. The van der Waals surface area contributed by atoms with E-state index in [0.717, 1.165) is 12.1 Å². The summed E-state index contributed by atoms with van der Waals surface area (Å²) in [5.41, 5.74) is 8.16. The van der Waals surface area contributed by atoms with Crippen molar-refractivity contribution in [3.05, 3.63) is 47.8 Å². The lowest BCUT2D eigenvalue weighted by molar-refractivity contribution is 0.509. The van der Waals surface area contributed by atoms with Gasteiger partial charge in [-0.15, -0.1) is 0 Å². The van der Waals surface area contributed by atoms with Crippen molar-refractivity contribution in [1.29, 1.82) is 0 Å². The third-order valence-corrected chi connectivity index (χ3v) is 2.38. The van der Waals surface area contributed by atoms with Gasteiger partial charge in [0, 0.05) is 11.8 Å². The number of nitrogens with zero attached hydrogens (tertiary/aromatic N) is 1. The van der Waals surface area contributed by atoms with Gasteiger partial charge >= 0.3 is 0 Å². The lowest BCUT2D eigenvalue weighted by atomic mass is 10.1. The molecular weight excluding hydrogens is 210 g/mol. The van der Waals surface area contributed by atoms with Crippen molar-refractivity contribution < 1.29 is 8.78 Å². The molecule has 0 saturated carbocycles. The second-order valence-corrected chi connectivity index (χ2v) is 3.53. The molecule has 1 aromatic heterocycles. The summed E-state index contributed by atoms with van der Waals surface area (Å²) in [6.07, 6.45) is 1.58. The predicted octanol–water partition coefficient (Wildman–Crippen LogP) is 2.92. The maximum Gasteiger partial charge on any atom is 0.159 e. The van der Waals surface area contributed by atoms with Crippen molar-refractivity contribution in [2.45, 2.75) is 6.92 Å². The van der Waals surface area contributed by atoms with Crippen molar-refractivity contribution in [2.24, 2.45) is 0 Å². The molecule has 0 aliphatic rings. The molecule has 0 fully saturated rings. The predicted molar refractivity (Wildman–Crippen MR) is 58.7 cm³/mol. The van der Waals surface area contributed by atoms with E-state index < -0.39 is 11.6 Å². The van der Waals surface area contributed by atoms with Crippen LogP contribution in [0.25, 0.3) is 11.1 Å². The zero-order valence-electron chi connectivity index (χ0n) is 8.67. The molecule has 0 bridgehead atoms. The fourth-order valence-corrected chi connectivity index (χ4v) is 1.38. The van der Waals surface area contributed by atoms with Gasteiger partial charge in [0.15, 0.2) is 11.6 Å². The highest BCUT2D eigenvalue weighted by molar-refractivity contribution is 5.67. The summed E-state index contributed by atoms with van der Waals surface area (Å²) in [6.45, 7) is 1.78. The molecule has 0 aliphatic carbocycles. The molecule has 0 radical (unpaired) electrons. The van der Waals surface area contributed by atoms with Gasteiger partial charge in [-0.25, -0.2) is 8.78 Å². The van der Waals surface area contributed by atoms with Gasteiger partial charge in [-0.3, -0.25) is 4.98 Å². The van der Waals surface area contributed by atoms with Crippen LogP contribution in [0.5, 0.6) is 0 Å². The summed E-state index contributed by atoms with van der Waals surface area (Å²) in [4.78, 5) is 4.07. The van der Waals surface area contributed by atoms with Crippen molar-refractivity contribution in [1.82, 2.24) is 4.98 Å². The minimum absolute atomic E-state index is 0.530. The lowest BCUT2D eigenvalue weighted by Crippen LogP contribution is -1.94. The molecule has 0 aliphatic heterocycles. The molecule has 16 heavy (non-hydrogen) atoms. The maximum atomic E-state index is 13.0. The number of pyridine rings is 1. The number of hydrogen-bond acceptors (Lipinski definition) is 2. The molecule has 1 aromatic carbocycles. The summed E-state index contributed by atoms with van der Waals surface area (Å²) in [5, 5.41) is 0. The first kappa shape index (κ1) is 10.5. The zero-order valence-corrected chi connectivity index (χ0v) is 8.67. The quantitative estimate of drug-likeness (QED) is 0.802. The largest absolute Gasteiger partial charge is 0.397 e. The standard InChI is InChI=1S/C12H10F2N2/c1-7-12(15)5-9(6-16-7)8-2-3-10(13)11(14)4-8/h2-6H,15H2,1H3. The molecule has 2 aromatic rings. The van der Waals surface area contributed by atoms with Crippen molar-refractivity contribution in [3.63, 3.8) is 0 Å². The van der Waals surface area contributed by atoms with E-state index in [2.05, 4.69) is 4.98 Å². The van der Waals surface area contributed by atoms with Gasteiger partial charge in [0.25, 0.3) is 0 Å². The van der Waals surface area contributed by atoms with Crippen molar-refractivity contribution in [3.8, 4) is 11.1 Å². The van der Waals surface area contributed by atoms with E-state index in [1.807, 2.05) is 0 Å². The first-order valence-electron chi connectivity index (χ1n) is 4.75. The van der Waals surface area contributed by atoms with Gasteiger partial charge in [-0.05, 0) is 30.7 Å². The molecule has 0 atom stereocenters. The Hall–Kier alpha value is -1.97. The van der Waals surface area contributed by atoms with Crippen LogP contribution in [0.4, 0.5) is 14.5 Å². The summed E-state index contributed by atoms with van der Waals surface area (Å²) in [7, 11) is 0. The van der Waals surface area contributed by atoms with Gasteiger partial charge < -0.3 is 5.73 Å². The summed E-state index contributed by atoms with van der Waals surface area (Å²) < 4.78 is 25.8. The van der Waals surface area contributed by atoms with Crippen molar-refractivity contribution >= 4 is 5.69 Å². The Balaban J connectivity index is 2.50. The summed E-state index contributed by atoms with van der Waals surface area (Å²) in [6, 6.07) is 5.39. The monoisotopic (exact) mass is 220 g/mol. The Bertz CT molecular complexity index is 489. The van der Waals surface area contributed by atoms with Crippen LogP contribution in [0, 0.1) is 18.6 Å². The van der Waals surface area contributed by atoms with E-state index in [4.69, 9.17) is 5.73 Å². The number of rotatable bonds is 1. The van der Waals surface area contributed by atoms with E-state index in [-0.39, 0.29) is 0 Å². The normalized spacial score (nSPS) is 10.4. The van der Waals surface area contributed by atoms with Gasteiger partial charge in [0.1, 0.15) is 0 Å². The van der Waals surface area contributed by atoms with E-state index in [0.29, 0.717) is 22.5 Å². The number of nitrogen functional groups attached to an aromatic ring is 1. The number of halogens is 2. The van der Waals surface area contributed by atoms with Crippen LogP contribution < -0.4 is 5.73 Å². The highest BCUT2D eigenvalue weighted by Crippen LogP contribution is 2.23. The van der Waals surface area contributed by atoms with Crippen LogP contribution in [0.2, 0.25) is 0 Å². The second-order valence-electron chi connectivity index (χ2n) is 3.53. The number of aryl methyl sites for hydroxylation is 1. The van der Waals surface area contributed by atoms with Gasteiger partial charge in [0.2, 0.25) is 0 Å². The molecule has 2 rings (SSSR count). The fourth-order valence-electron chi connectivity index (χ4n) is 1.38. The SMILES string of the molecule is Cc1ncc(-c2ccc(F)c(F)c2)cc1N. The number of aromatic nitrogens is 1. The summed E-state index contributed by atoms with van der Waals surface area (Å²) >= 11 is 0. The Kier molecular flexibility index (Phi) is 2.56. The minimum atomic E-state index is -0.878. The molecule has 0 saturated heterocycles. The average Bonchev–Trinajstić information content (AvgIpc) is 2.26. The minimum Gasteiger partial charge on any atom is -0.397 e. The van der Waals surface area contributed by atoms with Gasteiger partial charge in [0.05, 0.1) is 11.4 Å². The van der Waals surface area contributed by atoms with E-state index in [1.54, 1.807) is 19.2 Å². The first-order chi connectivity index (χ1) is 7.58. The fraction of sp³-hybridized carbons (Fsp3) is 0.0833. The summed E-state index contributed by atoms with van der Waals surface area (Å²) in [5.74, 6) is -1.74. The number of benzene rings is 1. The Morgan fingerprint density at radius 2 is 1.81 bits per heavy atom. The van der Waals surface area contributed by atoms with Crippen LogP contribution in [0.3, 0.4) is 0 Å². The van der Waals surface area contributed by atoms with Crippen LogP contribution in [-0.4, -0.2) is 4.98 Å². The van der Waals surface area contributed by atoms with Crippen LogP contribution >= 0.6 is 0 Å². The number of hydrogen-bond donors (Lipinski definition) is 1. The van der Waals surface area contributed by atoms with E-state index >= 15 is 0 Å². The molecule has 0 amide bonds. The maximum absolute atomic E-state index is 13.0. The van der Waals surface area contributed by atoms with Gasteiger partial charge in [-0.1, -0.05) is 6.07 Å². The first-order valence-corrected chi connectivity index (χ1v) is 4.75. The molecule has 82 valence electrons. The molecule has 0 spiro atoms. The Morgan fingerprint density at radius 3 is 2.44 bits per heavy atom. The number of anilines is 1. The van der Waals surface area contributed by atoms with Crippen molar-refractivity contribution in [2.75, 3.05) is 5.73 Å². The third-order valence-electron chi connectivity index (χ3n) is 2.38. The van der Waals surface area contributed by atoms with Crippen LogP contribution in [0.1, 0.15) is 5.69 Å². The molecular formula is C12H10F2N2. The Morgan fingerprint density at radius 1 is 1.06 bits per heavy atom. The molecule has 1 heterocycles. The van der Waals surface area contributed by atoms with Crippen LogP contribution in [-0.2, 0) is 0 Å². The van der Waals surface area contributed by atoms with Crippen LogP contribution in [0.15, 0.2) is 30.5 Å². The van der Waals surface area contributed by atoms with E-state index in [1.165, 1.54) is 6.07 Å². The molecule has 0 unspecified atom stereocenters. The highest BCUT2D eigenvalue weighted by atomic mass is 19.2. The zero-order chi connectivity index (χ0) is 11.7.